The first-order valence-corrected chi connectivity index (χ1v) is 2.49. The maximum Gasteiger partial charge on any atom is 0.243 e. The Kier molecular flexibility index (Phi) is 1.43. The van der Waals surface area contributed by atoms with Gasteiger partial charge < -0.3 is 5.11 Å². The lowest BCUT2D eigenvalue weighted by molar-refractivity contribution is -0.104. The third-order valence-corrected chi connectivity index (χ3v) is 0.983. The Balaban J connectivity index is 2.96. The molecule has 1 N–H and O–H groups in total. The van der Waals surface area contributed by atoms with Crippen molar-refractivity contribution < 1.29 is 9.90 Å². The van der Waals surface area contributed by atoms with Crippen LogP contribution < -0.4 is 0 Å². The molecule has 0 heterocycles. The maximum absolute atomic E-state index is 10.0. The van der Waals surface area contributed by atoms with Gasteiger partial charge >= 0.3 is 0 Å². The van der Waals surface area contributed by atoms with Crippen molar-refractivity contribution in [2.75, 3.05) is 0 Å². The summed E-state index contributed by atoms with van der Waals surface area (Å²) in [4.78, 5) is 10.0. The molecule has 44 valence electrons. The summed E-state index contributed by atoms with van der Waals surface area (Å²) in [5, 5.41) is 8.85. The third-order valence-electron chi connectivity index (χ3n) is 0.983. The molecule has 0 spiro atoms. The summed E-state index contributed by atoms with van der Waals surface area (Å²) in [6.45, 7) is 0. The van der Waals surface area contributed by atoms with E-state index in [-0.39, 0.29) is 11.3 Å². The van der Waals surface area contributed by atoms with Crippen molar-refractivity contribution in [2.45, 2.75) is 0 Å². The van der Waals surface area contributed by atoms with Gasteiger partial charge in [-0.1, -0.05) is 0 Å². The van der Waals surface area contributed by atoms with Crippen LogP contribution in [0.5, 0.6) is 0 Å². The Morgan fingerprint density at radius 3 is 2.89 bits per heavy atom. The van der Waals surface area contributed by atoms with Gasteiger partial charge in [0.1, 0.15) is 0 Å². The Morgan fingerprint density at radius 1 is 1.67 bits per heavy atom. The summed E-state index contributed by atoms with van der Waals surface area (Å²) in [6, 6.07) is 0. The minimum atomic E-state index is -0.0208. The molecule has 2 nitrogen and oxygen atoms in total. The van der Waals surface area contributed by atoms with E-state index < -0.39 is 0 Å². The molecule has 0 saturated heterocycles. The van der Waals surface area contributed by atoms with Gasteiger partial charge in [0, 0.05) is 12.2 Å². The van der Waals surface area contributed by atoms with Crippen molar-refractivity contribution in [3.8, 4) is 0 Å². The van der Waals surface area contributed by atoms with Crippen LogP contribution in [0.3, 0.4) is 0 Å². The van der Waals surface area contributed by atoms with Crippen molar-refractivity contribution in [1.82, 2.24) is 0 Å². The standard InChI is InChI=1S/C7H4O2/c8-5-6-3-1-2-4-7(6)9/h1-2,4-5H/p+1. The molecule has 0 aromatic carbocycles. The fourth-order valence-corrected chi connectivity index (χ4v) is 0.535. The minimum Gasteiger partial charge on any atom is -0.462 e. The fraction of sp³-hybridized carbons (Fsp3) is 0. The zero-order valence-electron chi connectivity index (χ0n) is 4.66. The molecule has 0 aliphatic heterocycles. The number of aldehydes is 1. The average molecular weight is 121 g/mol. The van der Waals surface area contributed by atoms with E-state index in [4.69, 9.17) is 5.11 Å². The van der Waals surface area contributed by atoms with Gasteiger partial charge in [0.25, 0.3) is 0 Å². The molecule has 1 rings (SSSR count). The number of carbonyl (C=O) groups excluding carboxylic acids is 1. The highest BCUT2D eigenvalue weighted by Crippen LogP contribution is 2.06. The molecule has 1 aliphatic carbocycles. The average Bonchev–Trinajstić information content (AvgIpc) is 1.89. The zero-order valence-corrected chi connectivity index (χ0v) is 4.66. The molecule has 9 heavy (non-hydrogen) atoms. The summed E-state index contributed by atoms with van der Waals surface area (Å²) in [5.74, 6) is -0.0208. The van der Waals surface area contributed by atoms with Crippen LogP contribution in [0.25, 0.3) is 0 Å². The molecular formula is C7H5O2+. The predicted octanol–water partition coefficient (Wildman–Crippen LogP) is 0.927. The highest BCUT2D eigenvalue weighted by Gasteiger charge is 2.11. The van der Waals surface area contributed by atoms with Gasteiger partial charge in [-0.3, -0.25) is 0 Å². The van der Waals surface area contributed by atoms with E-state index in [0.717, 1.165) is 0 Å². The van der Waals surface area contributed by atoms with Gasteiger partial charge in [-0.05, 0) is 0 Å². The highest BCUT2D eigenvalue weighted by atomic mass is 16.3. The van der Waals surface area contributed by atoms with E-state index >= 15 is 0 Å². The fourth-order valence-electron chi connectivity index (χ4n) is 0.535. The topological polar surface area (TPSA) is 37.3 Å². The van der Waals surface area contributed by atoms with Crippen LogP contribution in [0, 0.1) is 6.08 Å². The van der Waals surface area contributed by atoms with E-state index in [9.17, 15) is 4.79 Å². The largest absolute Gasteiger partial charge is 0.462 e. The van der Waals surface area contributed by atoms with Crippen LogP contribution in [0.15, 0.2) is 29.6 Å². The van der Waals surface area contributed by atoms with Crippen LogP contribution >= 0.6 is 0 Å². The lowest BCUT2D eigenvalue weighted by Crippen LogP contribution is -1.91. The molecule has 0 bridgehead atoms. The second-order valence-electron chi connectivity index (χ2n) is 1.59. The summed E-state index contributed by atoms with van der Waals surface area (Å²) in [5.41, 5.74) is 0.206. The van der Waals surface area contributed by atoms with E-state index in [2.05, 4.69) is 6.08 Å². The SMILES string of the molecule is O=CC1=[C+]C=CC=C1O. The number of hydrogen-bond acceptors (Lipinski definition) is 2. The van der Waals surface area contributed by atoms with E-state index in [1.54, 1.807) is 12.2 Å². The molecule has 0 aromatic rings. The van der Waals surface area contributed by atoms with Crippen molar-refractivity contribution in [3.63, 3.8) is 0 Å². The van der Waals surface area contributed by atoms with Gasteiger partial charge in [0.2, 0.25) is 17.6 Å². The lowest BCUT2D eigenvalue weighted by atomic mass is 10.1. The van der Waals surface area contributed by atoms with E-state index in [1.165, 1.54) is 6.08 Å². The van der Waals surface area contributed by atoms with Crippen molar-refractivity contribution in [1.29, 1.82) is 0 Å². The monoisotopic (exact) mass is 121 g/mol. The lowest BCUT2D eigenvalue weighted by Gasteiger charge is -1.87. The summed E-state index contributed by atoms with van der Waals surface area (Å²) in [6.07, 6.45) is 7.76. The number of rotatable bonds is 1. The second kappa shape index (κ2) is 2.25. The van der Waals surface area contributed by atoms with Crippen LogP contribution in [-0.2, 0) is 4.79 Å². The predicted molar refractivity (Wildman–Crippen MR) is 32.7 cm³/mol. The van der Waals surface area contributed by atoms with Crippen LogP contribution in [0.2, 0.25) is 0 Å². The van der Waals surface area contributed by atoms with Crippen molar-refractivity contribution >= 4 is 6.29 Å². The Bertz CT molecular complexity index is 209. The first-order valence-electron chi connectivity index (χ1n) is 2.49. The molecule has 0 unspecified atom stereocenters. The Hall–Kier alpha value is -1.40. The first-order chi connectivity index (χ1) is 4.34. The molecule has 0 radical (unpaired) electrons. The molecular weight excluding hydrogens is 116 g/mol. The van der Waals surface area contributed by atoms with Gasteiger partial charge in [-0.15, -0.1) is 0 Å². The number of aliphatic hydroxyl groups is 1. The van der Waals surface area contributed by atoms with Gasteiger partial charge in [0.15, 0.2) is 0 Å². The van der Waals surface area contributed by atoms with Gasteiger partial charge in [-0.25, -0.2) is 4.79 Å². The molecule has 1 aliphatic rings. The molecule has 0 fully saturated rings. The van der Waals surface area contributed by atoms with Crippen LogP contribution in [-0.4, -0.2) is 11.4 Å². The number of carbonyl (C=O) groups is 1. The highest BCUT2D eigenvalue weighted by molar-refractivity contribution is 5.79. The summed E-state index contributed by atoms with van der Waals surface area (Å²) in [7, 11) is 0. The third kappa shape index (κ3) is 1.04. The molecule has 0 saturated carbocycles. The molecule has 2 heteroatoms. The normalized spacial score (nSPS) is 15.6. The second-order valence-corrected chi connectivity index (χ2v) is 1.59. The zero-order chi connectivity index (χ0) is 6.69. The van der Waals surface area contributed by atoms with Crippen molar-refractivity contribution in [3.05, 3.63) is 35.6 Å². The van der Waals surface area contributed by atoms with E-state index in [1.807, 2.05) is 0 Å². The van der Waals surface area contributed by atoms with Crippen molar-refractivity contribution in [2.24, 2.45) is 0 Å². The number of hydrogen-bond donors (Lipinski definition) is 1. The maximum atomic E-state index is 10.0. The van der Waals surface area contributed by atoms with Crippen LogP contribution in [0.4, 0.5) is 0 Å². The van der Waals surface area contributed by atoms with Gasteiger partial charge in [-0.2, -0.15) is 0 Å². The Morgan fingerprint density at radius 2 is 2.44 bits per heavy atom. The van der Waals surface area contributed by atoms with Gasteiger partial charge in [0.05, 0.1) is 12.2 Å². The minimum absolute atomic E-state index is 0.0208. The quantitative estimate of drug-likeness (QED) is 0.414. The summed E-state index contributed by atoms with van der Waals surface area (Å²) >= 11 is 0. The van der Waals surface area contributed by atoms with E-state index in [0.29, 0.717) is 6.29 Å². The number of aliphatic hydroxyl groups excluding tert-OH is 1. The molecule has 0 aromatic heterocycles. The van der Waals surface area contributed by atoms with Crippen LogP contribution in [0.1, 0.15) is 0 Å². The molecule has 0 atom stereocenters. The number of allylic oxidation sites excluding steroid dienone is 5. The smallest absolute Gasteiger partial charge is 0.243 e. The Labute approximate surface area is 52.8 Å². The first kappa shape index (κ1) is 5.73. The summed E-state index contributed by atoms with van der Waals surface area (Å²) < 4.78 is 0. The molecule has 0 amide bonds.